The van der Waals surface area contributed by atoms with E-state index in [1.807, 2.05) is 31.2 Å². The Balaban J connectivity index is 1.92. The van der Waals surface area contributed by atoms with E-state index in [1.54, 1.807) is 18.2 Å². The van der Waals surface area contributed by atoms with Gasteiger partial charge in [-0.1, -0.05) is 22.0 Å². The van der Waals surface area contributed by atoms with Crippen molar-refractivity contribution in [1.82, 2.24) is 0 Å². The molecule has 0 unspecified atom stereocenters. The van der Waals surface area contributed by atoms with Crippen LogP contribution in [0.3, 0.4) is 0 Å². The van der Waals surface area contributed by atoms with Gasteiger partial charge in [0.25, 0.3) is 0 Å². The number of hydrogen-bond donors (Lipinski definition) is 2. The summed E-state index contributed by atoms with van der Waals surface area (Å²) in [4.78, 5) is 11.9. The summed E-state index contributed by atoms with van der Waals surface area (Å²) in [5.74, 6) is -0.140. The van der Waals surface area contributed by atoms with Crippen molar-refractivity contribution >= 4 is 33.2 Å². The van der Waals surface area contributed by atoms with E-state index >= 15 is 0 Å². The van der Waals surface area contributed by atoms with E-state index in [0.717, 1.165) is 21.4 Å². The number of nitrogens with zero attached hydrogens (tertiary/aromatic N) is 1. The number of anilines is 2. The van der Waals surface area contributed by atoms with Gasteiger partial charge in [0.15, 0.2) is 0 Å². The SMILES string of the molecule is Cc1cc(NC(=O)CNc2cccc(C#N)c2)ccc1Br. The monoisotopic (exact) mass is 343 g/mol. The number of rotatable bonds is 4. The van der Waals surface area contributed by atoms with Crippen molar-refractivity contribution in [3.63, 3.8) is 0 Å². The van der Waals surface area contributed by atoms with Gasteiger partial charge in [-0.25, -0.2) is 0 Å². The molecular weight excluding hydrogens is 330 g/mol. The van der Waals surface area contributed by atoms with Crippen LogP contribution in [0.25, 0.3) is 0 Å². The first-order valence-corrected chi connectivity index (χ1v) is 7.18. The molecule has 106 valence electrons. The van der Waals surface area contributed by atoms with Crippen molar-refractivity contribution < 1.29 is 4.79 Å². The van der Waals surface area contributed by atoms with E-state index < -0.39 is 0 Å². The summed E-state index contributed by atoms with van der Waals surface area (Å²) < 4.78 is 1.01. The van der Waals surface area contributed by atoms with Crippen LogP contribution in [0.4, 0.5) is 11.4 Å². The molecule has 0 saturated carbocycles. The van der Waals surface area contributed by atoms with Gasteiger partial charge in [-0.3, -0.25) is 4.79 Å². The van der Waals surface area contributed by atoms with Crippen LogP contribution < -0.4 is 10.6 Å². The zero-order valence-corrected chi connectivity index (χ0v) is 13.1. The predicted molar refractivity (Wildman–Crippen MR) is 87.2 cm³/mol. The van der Waals surface area contributed by atoms with Crippen LogP contribution in [0.1, 0.15) is 11.1 Å². The standard InChI is InChI=1S/C16H14BrN3O/c1-11-7-14(5-6-15(11)17)20-16(21)10-19-13-4-2-3-12(8-13)9-18/h2-8,19H,10H2,1H3,(H,20,21). The van der Waals surface area contributed by atoms with E-state index in [0.29, 0.717) is 5.56 Å². The number of hydrogen-bond acceptors (Lipinski definition) is 3. The van der Waals surface area contributed by atoms with Crippen LogP contribution in [-0.2, 0) is 4.79 Å². The van der Waals surface area contributed by atoms with Crippen LogP contribution in [0, 0.1) is 18.3 Å². The van der Waals surface area contributed by atoms with Crippen LogP contribution in [0.15, 0.2) is 46.9 Å². The summed E-state index contributed by atoms with van der Waals surface area (Å²) in [5, 5.41) is 14.6. The van der Waals surface area contributed by atoms with Crippen LogP contribution in [-0.4, -0.2) is 12.5 Å². The van der Waals surface area contributed by atoms with Gasteiger partial charge in [0.2, 0.25) is 5.91 Å². The maximum absolute atomic E-state index is 11.9. The Morgan fingerprint density at radius 1 is 1.24 bits per heavy atom. The molecule has 0 spiro atoms. The zero-order valence-electron chi connectivity index (χ0n) is 11.5. The molecule has 0 saturated heterocycles. The lowest BCUT2D eigenvalue weighted by molar-refractivity contribution is -0.114. The van der Waals surface area contributed by atoms with Gasteiger partial charge in [0.05, 0.1) is 18.2 Å². The number of amides is 1. The lowest BCUT2D eigenvalue weighted by Crippen LogP contribution is -2.21. The highest BCUT2D eigenvalue weighted by Crippen LogP contribution is 2.20. The maximum atomic E-state index is 11.9. The number of carbonyl (C=O) groups is 1. The molecule has 0 aliphatic carbocycles. The minimum Gasteiger partial charge on any atom is -0.376 e. The lowest BCUT2D eigenvalue weighted by Gasteiger charge is -2.09. The second kappa shape index (κ2) is 6.91. The van der Waals surface area contributed by atoms with E-state index in [2.05, 4.69) is 32.6 Å². The Hall–Kier alpha value is -2.32. The largest absolute Gasteiger partial charge is 0.376 e. The summed E-state index contributed by atoms with van der Waals surface area (Å²) in [6.45, 7) is 2.11. The van der Waals surface area contributed by atoms with Gasteiger partial charge in [0, 0.05) is 15.8 Å². The molecule has 0 heterocycles. The number of benzene rings is 2. The number of aryl methyl sites for hydroxylation is 1. The van der Waals surface area contributed by atoms with E-state index in [4.69, 9.17) is 5.26 Å². The van der Waals surface area contributed by atoms with Crippen LogP contribution >= 0.6 is 15.9 Å². The minimum atomic E-state index is -0.140. The first-order chi connectivity index (χ1) is 10.1. The molecular formula is C16H14BrN3O. The highest BCUT2D eigenvalue weighted by molar-refractivity contribution is 9.10. The molecule has 2 aromatic rings. The van der Waals surface area contributed by atoms with Gasteiger partial charge >= 0.3 is 0 Å². The topological polar surface area (TPSA) is 64.9 Å². The molecule has 2 rings (SSSR count). The minimum absolute atomic E-state index is 0.140. The Morgan fingerprint density at radius 2 is 2.05 bits per heavy atom. The molecule has 5 heteroatoms. The molecule has 4 nitrogen and oxygen atoms in total. The quantitative estimate of drug-likeness (QED) is 0.889. The van der Waals surface area contributed by atoms with Gasteiger partial charge in [-0.2, -0.15) is 5.26 Å². The summed E-state index contributed by atoms with van der Waals surface area (Å²) in [5.41, 5.74) is 3.12. The number of carbonyl (C=O) groups excluding carboxylic acids is 1. The Morgan fingerprint density at radius 3 is 2.76 bits per heavy atom. The third kappa shape index (κ3) is 4.33. The average molecular weight is 344 g/mol. The first kappa shape index (κ1) is 15.1. The second-order valence-corrected chi connectivity index (χ2v) is 5.41. The van der Waals surface area contributed by atoms with E-state index in [1.165, 1.54) is 0 Å². The van der Waals surface area contributed by atoms with Crippen molar-refractivity contribution in [2.75, 3.05) is 17.2 Å². The number of halogens is 1. The molecule has 0 aromatic heterocycles. The fraction of sp³-hybridized carbons (Fsp3) is 0.125. The highest BCUT2D eigenvalue weighted by Gasteiger charge is 2.04. The van der Waals surface area contributed by atoms with Gasteiger partial charge in [-0.05, 0) is 48.9 Å². The smallest absolute Gasteiger partial charge is 0.243 e. The molecule has 0 aliphatic rings. The van der Waals surface area contributed by atoms with Gasteiger partial charge < -0.3 is 10.6 Å². The van der Waals surface area contributed by atoms with Crippen molar-refractivity contribution in [2.24, 2.45) is 0 Å². The Kier molecular flexibility index (Phi) is 4.96. The molecule has 1 amide bonds. The number of nitriles is 1. The fourth-order valence-corrected chi connectivity index (χ4v) is 2.06. The summed E-state index contributed by atoms with van der Waals surface area (Å²) >= 11 is 3.42. The molecule has 2 aromatic carbocycles. The summed E-state index contributed by atoms with van der Waals surface area (Å²) in [6, 6.07) is 14.7. The van der Waals surface area contributed by atoms with Crippen LogP contribution in [0.2, 0.25) is 0 Å². The average Bonchev–Trinajstić information content (AvgIpc) is 2.49. The van der Waals surface area contributed by atoms with Crippen molar-refractivity contribution in [2.45, 2.75) is 6.92 Å². The third-order valence-corrected chi connectivity index (χ3v) is 3.78. The first-order valence-electron chi connectivity index (χ1n) is 6.38. The highest BCUT2D eigenvalue weighted by atomic mass is 79.9. The molecule has 0 radical (unpaired) electrons. The fourth-order valence-electron chi connectivity index (χ4n) is 1.81. The van der Waals surface area contributed by atoms with Crippen molar-refractivity contribution in [3.05, 3.63) is 58.1 Å². The zero-order chi connectivity index (χ0) is 15.2. The molecule has 2 N–H and O–H groups in total. The van der Waals surface area contributed by atoms with Gasteiger partial charge in [0.1, 0.15) is 0 Å². The molecule has 0 aliphatic heterocycles. The molecule has 21 heavy (non-hydrogen) atoms. The number of nitrogens with one attached hydrogen (secondary N) is 2. The normalized spacial score (nSPS) is 9.76. The molecule has 0 fully saturated rings. The Labute approximate surface area is 131 Å². The lowest BCUT2D eigenvalue weighted by atomic mass is 10.2. The molecule has 0 bridgehead atoms. The predicted octanol–water partition coefficient (Wildman–Crippen LogP) is 3.68. The maximum Gasteiger partial charge on any atom is 0.243 e. The van der Waals surface area contributed by atoms with Gasteiger partial charge in [-0.15, -0.1) is 0 Å². The Bertz CT molecular complexity index is 707. The second-order valence-electron chi connectivity index (χ2n) is 4.56. The van der Waals surface area contributed by atoms with Crippen LogP contribution in [0.5, 0.6) is 0 Å². The third-order valence-electron chi connectivity index (χ3n) is 2.89. The van der Waals surface area contributed by atoms with Crippen molar-refractivity contribution in [1.29, 1.82) is 5.26 Å². The van der Waals surface area contributed by atoms with E-state index in [-0.39, 0.29) is 12.5 Å². The summed E-state index contributed by atoms with van der Waals surface area (Å²) in [6.07, 6.45) is 0. The molecule has 0 atom stereocenters. The van der Waals surface area contributed by atoms with Crippen molar-refractivity contribution in [3.8, 4) is 6.07 Å². The van der Waals surface area contributed by atoms with E-state index in [9.17, 15) is 4.79 Å². The summed E-state index contributed by atoms with van der Waals surface area (Å²) in [7, 11) is 0.